The average molecular weight is 480 g/mol. The van der Waals surface area contributed by atoms with Crippen molar-refractivity contribution in [1.82, 2.24) is 5.32 Å². The van der Waals surface area contributed by atoms with E-state index in [0.717, 1.165) is 22.9 Å². The van der Waals surface area contributed by atoms with Gasteiger partial charge in [-0.3, -0.25) is 14.5 Å². The molecule has 8 heteroatoms. The van der Waals surface area contributed by atoms with Crippen molar-refractivity contribution < 1.29 is 14.0 Å². The quantitative estimate of drug-likeness (QED) is 0.490. The van der Waals surface area contributed by atoms with Crippen molar-refractivity contribution >= 4 is 52.1 Å². The van der Waals surface area contributed by atoms with Gasteiger partial charge in [-0.05, 0) is 53.6 Å². The standard InChI is InChI=1S/C25H19ClFN3O2S/c26-19-8-4-7-18(13-19)15-28-23(31)16-33-25-29-22(14-17-5-2-1-3-6-17)24(32)30(25)21-11-9-20(27)10-12-21/h1-14H,15-16H2,(H,28,31)/b22-14+. The number of aliphatic imine (C=N–C) groups is 1. The number of amidine groups is 1. The fourth-order valence-electron chi connectivity index (χ4n) is 3.15. The van der Waals surface area contributed by atoms with Gasteiger partial charge in [0, 0.05) is 11.6 Å². The van der Waals surface area contributed by atoms with Crippen LogP contribution in [0.1, 0.15) is 11.1 Å². The second-order valence-electron chi connectivity index (χ2n) is 7.15. The summed E-state index contributed by atoms with van der Waals surface area (Å²) in [6.45, 7) is 0.339. The molecule has 0 aromatic heterocycles. The number of carbonyl (C=O) groups excluding carboxylic acids is 2. The van der Waals surface area contributed by atoms with Crippen LogP contribution in [0.25, 0.3) is 6.08 Å². The van der Waals surface area contributed by atoms with E-state index in [-0.39, 0.29) is 23.3 Å². The maximum absolute atomic E-state index is 13.4. The maximum Gasteiger partial charge on any atom is 0.283 e. The summed E-state index contributed by atoms with van der Waals surface area (Å²) in [4.78, 5) is 31.4. The highest BCUT2D eigenvalue weighted by molar-refractivity contribution is 8.14. The largest absolute Gasteiger partial charge is 0.351 e. The number of hydrogen-bond acceptors (Lipinski definition) is 4. The average Bonchev–Trinajstić information content (AvgIpc) is 3.12. The minimum Gasteiger partial charge on any atom is -0.351 e. The van der Waals surface area contributed by atoms with Gasteiger partial charge in [-0.1, -0.05) is 65.8 Å². The molecule has 5 nitrogen and oxygen atoms in total. The number of carbonyl (C=O) groups is 2. The lowest BCUT2D eigenvalue weighted by atomic mass is 10.2. The highest BCUT2D eigenvalue weighted by atomic mass is 35.5. The molecule has 2 amide bonds. The first-order chi connectivity index (χ1) is 16.0. The Morgan fingerprint density at radius 1 is 1.06 bits per heavy atom. The number of thioether (sulfide) groups is 1. The predicted octanol–water partition coefficient (Wildman–Crippen LogP) is 5.27. The van der Waals surface area contributed by atoms with E-state index in [1.54, 1.807) is 18.2 Å². The molecule has 0 saturated heterocycles. The van der Waals surface area contributed by atoms with Gasteiger partial charge in [0.05, 0.1) is 11.4 Å². The molecule has 0 fully saturated rings. The number of nitrogens with one attached hydrogen (secondary N) is 1. The van der Waals surface area contributed by atoms with E-state index in [4.69, 9.17) is 11.6 Å². The van der Waals surface area contributed by atoms with Gasteiger partial charge in [0.25, 0.3) is 5.91 Å². The molecule has 4 rings (SSSR count). The Balaban J connectivity index is 1.50. The van der Waals surface area contributed by atoms with Crippen molar-refractivity contribution in [3.05, 3.63) is 107 Å². The fraction of sp³-hybridized carbons (Fsp3) is 0.0800. The number of nitrogens with zero attached hydrogens (tertiary/aromatic N) is 2. The van der Waals surface area contributed by atoms with Gasteiger partial charge < -0.3 is 5.32 Å². The number of rotatable bonds is 6. The van der Waals surface area contributed by atoms with Crippen LogP contribution in [-0.2, 0) is 16.1 Å². The Labute approximate surface area is 200 Å². The van der Waals surface area contributed by atoms with Crippen LogP contribution >= 0.6 is 23.4 Å². The van der Waals surface area contributed by atoms with Gasteiger partial charge >= 0.3 is 0 Å². The van der Waals surface area contributed by atoms with E-state index >= 15 is 0 Å². The van der Waals surface area contributed by atoms with Crippen LogP contribution in [-0.4, -0.2) is 22.7 Å². The van der Waals surface area contributed by atoms with E-state index in [1.165, 1.54) is 29.2 Å². The molecule has 0 unspecified atom stereocenters. The zero-order chi connectivity index (χ0) is 23.2. The molecule has 0 radical (unpaired) electrons. The molecule has 0 spiro atoms. The summed E-state index contributed by atoms with van der Waals surface area (Å²) in [7, 11) is 0. The molecule has 1 aliphatic rings. The Morgan fingerprint density at radius 3 is 2.55 bits per heavy atom. The smallest absolute Gasteiger partial charge is 0.283 e. The lowest BCUT2D eigenvalue weighted by Gasteiger charge is -2.17. The van der Waals surface area contributed by atoms with Crippen LogP contribution in [0.5, 0.6) is 0 Å². The summed E-state index contributed by atoms with van der Waals surface area (Å²) in [5.41, 5.74) is 2.43. The van der Waals surface area contributed by atoms with Crippen molar-refractivity contribution in [2.45, 2.75) is 6.54 Å². The number of amides is 2. The molecule has 166 valence electrons. The van der Waals surface area contributed by atoms with Crippen molar-refractivity contribution in [1.29, 1.82) is 0 Å². The SMILES string of the molecule is O=C(CSC1=N/C(=C/c2ccccc2)C(=O)N1c1ccc(F)cc1)NCc1cccc(Cl)c1. The van der Waals surface area contributed by atoms with E-state index in [9.17, 15) is 14.0 Å². The molecular formula is C25H19ClFN3O2S. The normalized spacial score (nSPS) is 14.5. The number of anilines is 1. The van der Waals surface area contributed by atoms with Gasteiger partial charge in [-0.2, -0.15) is 0 Å². The third-order valence-electron chi connectivity index (χ3n) is 4.73. The third-order valence-corrected chi connectivity index (χ3v) is 5.90. The zero-order valence-electron chi connectivity index (χ0n) is 17.4. The molecule has 1 N–H and O–H groups in total. The predicted molar refractivity (Wildman–Crippen MR) is 131 cm³/mol. The zero-order valence-corrected chi connectivity index (χ0v) is 18.9. The Kier molecular flexibility index (Phi) is 7.22. The van der Waals surface area contributed by atoms with E-state index < -0.39 is 5.82 Å². The van der Waals surface area contributed by atoms with Crippen LogP contribution < -0.4 is 10.2 Å². The van der Waals surface area contributed by atoms with Crippen LogP contribution in [0.3, 0.4) is 0 Å². The monoisotopic (exact) mass is 479 g/mol. The molecule has 3 aromatic carbocycles. The summed E-state index contributed by atoms with van der Waals surface area (Å²) in [6.07, 6.45) is 1.69. The molecule has 0 saturated carbocycles. The first-order valence-corrected chi connectivity index (χ1v) is 11.5. The molecule has 1 aliphatic heterocycles. The number of benzene rings is 3. The number of hydrogen-bond donors (Lipinski definition) is 1. The van der Waals surface area contributed by atoms with Gasteiger partial charge in [0.2, 0.25) is 5.91 Å². The highest BCUT2D eigenvalue weighted by Crippen LogP contribution is 2.29. The lowest BCUT2D eigenvalue weighted by Crippen LogP contribution is -2.32. The molecule has 0 bridgehead atoms. The molecule has 0 atom stereocenters. The Bertz CT molecular complexity index is 1230. The van der Waals surface area contributed by atoms with Gasteiger partial charge in [0.1, 0.15) is 11.5 Å². The van der Waals surface area contributed by atoms with Crippen LogP contribution in [0.2, 0.25) is 5.02 Å². The maximum atomic E-state index is 13.4. The van der Waals surface area contributed by atoms with Crippen LogP contribution in [0, 0.1) is 5.82 Å². The van der Waals surface area contributed by atoms with E-state index in [1.807, 2.05) is 42.5 Å². The highest BCUT2D eigenvalue weighted by Gasteiger charge is 2.32. The second-order valence-corrected chi connectivity index (χ2v) is 8.53. The first-order valence-electron chi connectivity index (χ1n) is 10.1. The summed E-state index contributed by atoms with van der Waals surface area (Å²) in [6, 6.07) is 22.2. The second kappa shape index (κ2) is 10.5. The summed E-state index contributed by atoms with van der Waals surface area (Å²) >= 11 is 7.12. The molecule has 33 heavy (non-hydrogen) atoms. The van der Waals surface area contributed by atoms with E-state index in [2.05, 4.69) is 10.3 Å². The van der Waals surface area contributed by atoms with Crippen molar-refractivity contribution in [2.24, 2.45) is 4.99 Å². The first kappa shape index (κ1) is 22.8. The lowest BCUT2D eigenvalue weighted by molar-refractivity contribution is -0.118. The Morgan fingerprint density at radius 2 is 1.82 bits per heavy atom. The summed E-state index contributed by atoms with van der Waals surface area (Å²) in [5.74, 6) is -0.901. The number of halogens is 2. The minimum atomic E-state index is -0.406. The molecule has 1 heterocycles. The summed E-state index contributed by atoms with van der Waals surface area (Å²) in [5, 5.41) is 3.79. The summed E-state index contributed by atoms with van der Waals surface area (Å²) < 4.78 is 13.4. The molecular weight excluding hydrogens is 461 g/mol. The molecule has 3 aromatic rings. The van der Waals surface area contributed by atoms with Crippen molar-refractivity contribution in [3.8, 4) is 0 Å². The van der Waals surface area contributed by atoms with E-state index in [0.29, 0.717) is 22.4 Å². The molecule has 0 aliphatic carbocycles. The van der Waals surface area contributed by atoms with Crippen LogP contribution in [0.15, 0.2) is 89.6 Å². The van der Waals surface area contributed by atoms with Gasteiger partial charge in [-0.25, -0.2) is 9.38 Å². The van der Waals surface area contributed by atoms with Crippen molar-refractivity contribution in [3.63, 3.8) is 0 Å². The van der Waals surface area contributed by atoms with Crippen molar-refractivity contribution in [2.75, 3.05) is 10.7 Å². The van der Waals surface area contributed by atoms with Crippen LogP contribution in [0.4, 0.5) is 10.1 Å². The third kappa shape index (κ3) is 5.88. The van der Waals surface area contributed by atoms with Gasteiger partial charge in [0.15, 0.2) is 5.17 Å². The Hall–Kier alpha value is -3.42. The fourth-order valence-corrected chi connectivity index (χ4v) is 4.20. The topological polar surface area (TPSA) is 61.8 Å². The van der Waals surface area contributed by atoms with Gasteiger partial charge in [-0.15, -0.1) is 0 Å². The minimum absolute atomic E-state index is 0.0585.